The minimum absolute atomic E-state index is 0.235. The van der Waals surface area contributed by atoms with Crippen LogP contribution in [0.2, 0.25) is 5.02 Å². The van der Waals surface area contributed by atoms with Crippen molar-refractivity contribution in [2.24, 2.45) is 5.92 Å². The van der Waals surface area contributed by atoms with Crippen molar-refractivity contribution in [3.05, 3.63) is 45.6 Å². The number of rotatable bonds is 7. The highest BCUT2D eigenvalue weighted by Gasteiger charge is 2.34. The molecule has 2 heterocycles. The summed E-state index contributed by atoms with van der Waals surface area (Å²) < 4.78 is 10.7. The Bertz CT molecular complexity index is 928. The molecular weight excluding hydrogens is 416 g/mol. The van der Waals surface area contributed by atoms with Gasteiger partial charge in [-0.1, -0.05) is 18.0 Å². The second-order valence-corrected chi connectivity index (χ2v) is 9.23. The Morgan fingerprint density at radius 2 is 1.97 bits per heavy atom. The number of benzene rings is 1. The van der Waals surface area contributed by atoms with Crippen LogP contribution >= 0.6 is 11.6 Å². The Morgan fingerprint density at radius 1 is 1.23 bits per heavy atom. The van der Waals surface area contributed by atoms with Crippen LogP contribution in [-0.2, 0) is 29.1 Å². The maximum atomic E-state index is 12.7. The molecule has 1 aromatic carbocycles. The zero-order valence-corrected chi connectivity index (χ0v) is 19.3. The van der Waals surface area contributed by atoms with Gasteiger partial charge in [-0.05, 0) is 55.5 Å². The van der Waals surface area contributed by atoms with E-state index in [0.29, 0.717) is 35.7 Å². The molecule has 1 aromatic heterocycles. The lowest BCUT2D eigenvalue weighted by Gasteiger charge is -2.42. The first-order chi connectivity index (χ1) is 14.9. The molecule has 8 heteroatoms. The zero-order chi connectivity index (χ0) is 22.0. The molecular formula is C23H31ClN4O3. The molecule has 0 unspecified atom stereocenters. The van der Waals surface area contributed by atoms with Gasteiger partial charge >= 0.3 is 0 Å². The third-order valence-corrected chi connectivity index (χ3v) is 6.77. The van der Waals surface area contributed by atoms with Gasteiger partial charge in [-0.15, -0.1) is 10.2 Å². The summed E-state index contributed by atoms with van der Waals surface area (Å²) in [5.74, 6) is 1.65. The lowest BCUT2D eigenvalue weighted by Crippen LogP contribution is -2.55. The third-order valence-electron chi connectivity index (χ3n) is 6.55. The van der Waals surface area contributed by atoms with Crippen molar-refractivity contribution < 1.29 is 13.9 Å². The number of aromatic nitrogens is 2. The fourth-order valence-corrected chi connectivity index (χ4v) is 4.75. The van der Waals surface area contributed by atoms with Crippen LogP contribution in [0.25, 0.3) is 0 Å². The van der Waals surface area contributed by atoms with Gasteiger partial charge in [-0.2, -0.15) is 0 Å². The summed E-state index contributed by atoms with van der Waals surface area (Å²) in [4.78, 5) is 17.2. The van der Waals surface area contributed by atoms with Crippen LogP contribution in [0.4, 0.5) is 0 Å². The van der Waals surface area contributed by atoms with Crippen LogP contribution in [0, 0.1) is 12.8 Å². The van der Waals surface area contributed by atoms with E-state index in [1.54, 1.807) is 7.11 Å². The van der Waals surface area contributed by atoms with Gasteiger partial charge in [0, 0.05) is 50.3 Å². The molecule has 168 valence electrons. The van der Waals surface area contributed by atoms with E-state index in [2.05, 4.69) is 33.8 Å². The summed E-state index contributed by atoms with van der Waals surface area (Å²) in [7, 11) is 1.60. The first-order valence-electron chi connectivity index (χ1n) is 11.1. The molecule has 0 bridgehead atoms. The van der Waals surface area contributed by atoms with E-state index in [1.165, 1.54) is 17.5 Å². The van der Waals surface area contributed by atoms with Crippen LogP contribution in [0.15, 0.2) is 16.5 Å². The van der Waals surface area contributed by atoms with Crippen molar-refractivity contribution in [1.29, 1.82) is 0 Å². The lowest BCUT2D eigenvalue weighted by molar-refractivity contribution is -0.142. The highest BCUT2D eigenvalue weighted by atomic mass is 35.5. The van der Waals surface area contributed by atoms with Gasteiger partial charge < -0.3 is 14.1 Å². The molecule has 1 aliphatic carbocycles. The molecule has 7 nitrogen and oxygen atoms in total. The Morgan fingerprint density at radius 3 is 2.65 bits per heavy atom. The first kappa shape index (κ1) is 22.2. The number of piperazine rings is 1. The molecule has 1 saturated heterocycles. The van der Waals surface area contributed by atoms with Crippen LogP contribution in [0.5, 0.6) is 0 Å². The molecule has 1 atom stereocenters. The summed E-state index contributed by atoms with van der Waals surface area (Å²) >= 11 is 6.45. The molecule has 1 saturated carbocycles. The second-order valence-electron chi connectivity index (χ2n) is 8.79. The summed E-state index contributed by atoms with van der Waals surface area (Å²) in [5, 5.41) is 8.83. The van der Waals surface area contributed by atoms with E-state index < -0.39 is 0 Å². The topological polar surface area (TPSA) is 71.7 Å². The number of nitrogens with zero attached hydrogens (tertiary/aromatic N) is 4. The number of amides is 1. The number of carbonyl (C=O) groups is 1. The minimum Gasteiger partial charge on any atom is -0.422 e. The predicted molar refractivity (Wildman–Crippen MR) is 118 cm³/mol. The van der Waals surface area contributed by atoms with Crippen LogP contribution in [0.1, 0.15) is 54.7 Å². The molecule has 1 amide bonds. The molecule has 0 N–H and O–H groups in total. The molecule has 31 heavy (non-hydrogen) atoms. The SMILES string of the molecule is COCc1nnc(Cc2cc(Cl)cc(CN3CCN(C(=O)C4CCC4)[C@@H](C)C3)c2C)o1. The molecule has 2 fully saturated rings. The number of carbonyl (C=O) groups excluding carboxylic acids is 1. The molecule has 1 aliphatic heterocycles. The number of hydrogen-bond acceptors (Lipinski definition) is 6. The van der Waals surface area contributed by atoms with Crippen molar-refractivity contribution in [3.63, 3.8) is 0 Å². The summed E-state index contributed by atoms with van der Waals surface area (Å²) in [5.41, 5.74) is 3.48. The summed E-state index contributed by atoms with van der Waals surface area (Å²) in [6.45, 7) is 7.96. The fourth-order valence-electron chi connectivity index (χ4n) is 4.48. The van der Waals surface area contributed by atoms with Crippen molar-refractivity contribution in [2.45, 2.75) is 58.7 Å². The molecule has 0 radical (unpaired) electrons. The summed E-state index contributed by atoms with van der Waals surface area (Å²) in [6, 6.07) is 4.25. The van der Waals surface area contributed by atoms with Crippen LogP contribution in [0.3, 0.4) is 0 Å². The standard InChI is InChI=1S/C23H31ClN4O3/c1-15-12-27(7-8-28(15)23(29)17-5-4-6-17)13-19-10-20(24)9-18(16(19)2)11-21-25-26-22(31-21)14-30-3/h9-10,15,17H,4-8,11-14H2,1-3H3/t15-/m0/s1. The van der Waals surface area contributed by atoms with Crippen molar-refractivity contribution in [3.8, 4) is 0 Å². The minimum atomic E-state index is 0.235. The van der Waals surface area contributed by atoms with Gasteiger partial charge in [0.2, 0.25) is 17.7 Å². The van der Waals surface area contributed by atoms with E-state index in [1.807, 2.05) is 12.1 Å². The largest absolute Gasteiger partial charge is 0.422 e. The van der Waals surface area contributed by atoms with E-state index in [4.69, 9.17) is 20.8 Å². The fraction of sp³-hybridized carbons (Fsp3) is 0.609. The van der Waals surface area contributed by atoms with Gasteiger partial charge in [0.05, 0.1) is 6.42 Å². The zero-order valence-electron chi connectivity index (χ0n) is 18.6. The van der Waals surface area contributed by atoms with E-state index >= 15 is 0 Å². The van der Waals surface area contributed by atoms with Gasteiger partial charge in [0.1, 0.15) is 6.61 Å². The smallest absolute Gasteiger partial charge is 0.242 e. The van der Waals surface area contributed by atoms with Crippen molar-refractivity contribution >= 4 is 17.5 Å². The van der Waals surface area contributed by atoms with Gasteiger partial charge in [0.15, 0.2) is 0 Å². The first-order valence-corrected chi connectivity index (χ1v) is 11.4. The number of hydrogen-bond donors (Lipinski definition) is 0. The summed E-state index contributed by atoms with van der Waals surface area (Å²) in [6.07, 6.45) is 3.85. The molecule has 4 rings (SSSR count). The van der Waals surface area contributed by atoms with E-state index in [-0.39, 0.29) is 12.0 Å². The van der Waals surface area contributed by atoms with Gasteiger partial charge in [-0.3, -0.25) is 9.69 Å². The van der Waals surface area contributed by atoms with Crippen molar-refractivity contribution in [2.75, 3.05) is 26.7 Å². The van der Waals surface area contributed by atoms with Crippen LogP contribution in [-0.4, -0.2) is 58.7 Å². The molecule has 0 spiro atoms. The maximum absolute atomic E-state index is 12.7. The molecule has 2 aliphatic rings. The Labute approximate surface area is 188 Å². The normalized spacial score (nSPS) is 20.1. The lowest BCUT2D eigenvalue weighted by atomic mass is 9.84. The Balaban J connectivity index is 1.42. The average molecular weight is 447 g/mol. The number of ether oxygens (including phenoxy) is 1. The maximum Gasteiger partial charge on any atom is 0.242 e. The quantitative estimate of drug-likeness (QED) is 0.647. The Hall–Kier alpha value is -1.96. The third kappa shape index (κ3) is 5.10. The average Bonchev–Trinajstić information content (AvgIpc) is 3.11. The van der Waals surface area contributed by atoms with Gasteiger partial charge in [0.25, 0.3) is 0 Å². The van der Waals surface area contributed by atoms with Gasteiger partial charge in [-0.25, -0.2) is 0 Å². The van der Waals surface area contributed by atoms with Crippen molar-refractivity contribution in [1.82, 2.24) is 20.0 Å². The van der Waals surface area contributed by atoms with E-state index in [9.17, 15) is 4.79 Å². The highest BCUT2D eigenvalue weighted by Crippen LogP contribution is 2.30. The molecule has 2 aromatic rings. The Kier molecular flexibility index (Phi) is 6.94. The predicted octanol–water partition coefficient (Wildman–Crippen LogP) is 3.60. The number of halogens is 1. The van der Waals surface area contributed by atoms with E-state index in [0.717, 1.165) is 44.6 Å². The highest BCUT2D eigenvalue weighted by molar-refractivity contribution is 6.30. The van der Waals surface area contributed by atoms with Crippen LogP contribution < -0.4 is 0 Å². The number of methoxy groups -OCH3 is 1. The monoisotopic (exact) mass is 446 g/mol. The second kappa shape index (κ2) is 9.67.